The van der Waals surface area contributed by atoms with E-state index in [0.29, 0.717) is 12.5 Å². The van der Waals surface area contributed by atoms with Crippen LogP contribution in [0.2, 0.25) is 0 Å². The van der Waals surface area contributed by atoms with Gasteiger partial charge in [0.05, 0.1) is 0 Å². The molecule has 0 aliphatic heterocycles. The first kappa shape index (κ1) is 33.2. The van der Waals surface area contributed by atoms with Crippen molar-refractivity contribution in [2.45, 2.75) is 81.6 Å². The van der Waals surface area contributed by atoms with Crippen LogP contribution in [0, 0.1) is 17.8 Å². The number of aliphatic hydroxyl groups excluding tert-OH is 1. The van der Waals surface area contributed by atoms with Gasteiger partial charge in [0.15, 0.2) is 0 Å². The Morgan fingerprint density at radius 1 is 1.00 bits per heavy atom. The summed E-state index contributed by atoms with van der Waals surface area (Å²) in [6.07, 6.45) is 3.64. The molecular formula is C17H43NO2Y. The predicted octanol–water partition coefficient (Wildman–Crippen LogP) is 4.86. The van der Waals surface area contributed by atoms with Gasteiger partial charge >= 0.3 is 0 Å². The zero-order valence-electron chi connectivity index (χ0n) is 16.1. The summed E-state index contributed by atoms with van der Waals surface area (Å²) >= 11 is 0. The van der Waals surface area contributed by atoms with E-state index >= 15 is 0 Å². The van der Waals surface area contributed by atoms with Crippen molar-refractivity contribution in [3.63, 3.8) is 0 Å². The van der Waals surface area contributed by atoms with Crippen molar-refractivity contribution >= 4 is 5.91 Å². The summed E-state index contributed by atoms with van der Waals surface area (Å²) < 4.78 is 0. The van der Waals surface area contributed by atoms with Gasteiger partial charge in [0.2, 0.25) is 5.91 Å². The van der Waals surface area contributed by atoms with Gasteiger partial charge in [0.25, 0.3) is 0 Å². The number of carbonyl (C=O) groups is 1. The zero-order chi connectivity index (χ0) is 17.1. The van der Waals surface area contributed by atoms with Crippen LogP contribution in [0.3, 0.4) is 0 Å². The van der Waals surface area contributed by atoms with Gasteiger partial charge in [-0.2, -0.15) is 0 Å². The fourth-order valence-corrected chi connectivity index (χ4v) is 0.836. The van der Waals surface area contributed by atoms with Crippen LogP contribution in [0.1, 0.15) is 83.0 Å². The number of rotatable bonds is 5. The van der Waals surface area contributed by atoms with Crippen LogP contribution in [0.25, 0.3) is 0 Å². The molecule has 0 spiro atoms. The van der Waals surface area contributed by atoms with Gasteiger partial charge in [-0.1, -0.05) is 75.2 Å². The largest absolute Gasteiger partial charge is 0.396 e. The van der Waals surface area contributed by atoms with E-state index in [2.05, 4.69) is 34.6 Å². The minimum atomic E-state index is -0.241. The molecule has 0 atom stereocenters. The molecule has 4 heteroatoms. The molecule has 3 N–H and O–H groups in total. The fourth-order valence-electron chi connectivity index (χ4n) is 0.836. The van der Waals surface area contributed by atoms with Crippen LogP contribution in [-0.2, 0) is 37.5 Å². The normalized spacial score (nSPS) is 8.62. The molecule has 0 aliphatic rings. The van der Waals surface area contributed by atoms with Crippen LogP contribution in [-0.4, -0.2) is 17.6 Å². The molecule has 0 heterocycles. The van der Waals surface area contributed by atoms with Crippen LogP contribution < -0.4 is 5.73 Å². The molecule has 1 amide bonds. The fraction of sp³-hybridized carbons (Fsp3) is 0.941. The second-order valence-corrected chi connectivity index (χ2v) is 5.65. The molecule has 131 valence electrons. The first-order chi connectivity index (χ1) is 9.18. The smallest absolute Gasteiger partial charge is 0.219 e. The van der Waals surface area contributed by atoms with Crippen LogP contribution in [0.15, 0.2) is 0 Å². The SMILES string of the molecule is CC.CC(C)C(N)=O.CC(C)CCO.CCCC(C)C.[HH].[Y]. The quantitative estimate of drug-likeness (QED) is 0.713. The number of primary amides is 1. The molecule has 0 aromatic rings. The first-order valence-corrected chi connectivity index (χ1v) is 8.09. The number of nitrogens with two attached hydrogens (primary N) is 1. The van der Waals surface area contributed by atoms with Crippen molar-refractivity contribution in [3.05, 3.63) is 0 Å². The Morgan fingerprint density at radius 2 is 1.29 bits per heavy atom. The molecule has 0 aromatic heterocycles. The number of hydrogen-bond donors (Lipinski definition) is 2. The van der Waals surface area contributed by atoms with Gasteiger partial charge in [-0.25, -0.2) is 0 Å². The molecule has 1 radical (unpaired) electrons. The Kier molecular flexibility index (Phi) is 45.3. The minimum Gasteiger partial charge on any atom is -0.396 e. The van der Waals surface area contributed by atoms with Crippen LogP contribution in [0.4, 0.5) is 0 Å². The molecule has 0 bridgehead atoms. The van der Waals surface area contributed by atoms with E-state index in [0.717, 1.165) is 12.3 Å². The van der Waals surface area contributed by atoms with E-state index in [9.17, 15) is 4.79 Å². The Bertz CT molecular complexity index is 168. The van der Waals surface area contributed by atoms with Crippen molar-refractivity contribution < 1.29 is 44.0 Å². The average Bonchev–Trinajstić information content (AvgIpc) is 2.32. The third-order valence-electron chi connectivity index (χ3n) is 2.14. The number of aliphatic hydroxyl groups is 1. The maximum Gasteiger partial charge on any atom is 0.219 e. The Labute approximate surface area is 161 Å². The van der Waals surface area contributed by atoms with Crippen molar-refractivity contribution in [1.29, 1.82) is 0 Å². The maximum absolute atomic E-state index is 9.92. The zero-order valence-corrected chi connectivity index (χ0v) is 18.9. The van der Waals surface area contributed by atoms with Crippen LogP contribution >= 0.6 is 0 Å². The number of carbonyl (C=O) groups excluding carboxylic acids is 1. The van der Waals surface area contributed by atoms with Crippen LogP contribution in [0.5, 0.6) is 0 Å². The molecule has 0 aliphatic carbocycles. The van der Waals surface area contributed by atoms with E-state index in [1.165, 1.54) is 12.8 Å². The standard InChI is InChI=1S/C6H14.C5H12O.C4H9NO.C2H6.Y.H2/c1-4-5-6(2)3;1-5(2)3-4-6;1-3(2)4(5)6;1-2;;/h6H,4-5H2,1-3H3;5-6H,3-4H2,1-2H3;3H,1-2H3,(H2,5,6);1-2H3;;1H. The third-order valence-corrected chi connectivity index (χ3v) is 2.14. The second-order valence-electron chi connectivity index (χ2n) is 5.65. The van der Waals surface area contributed by atoms with Gasteiger partial charge in [0, 0.05) is 46.7 Å². The summed E-state index contributed by atoms with van der Waals surface area (Å²) in [5.74, 6) is 1.30. The van der Waals surface area contributed by atoms with Crippen molar-refractivity contribution in [2.24, 2.45) is 23.5 Å². The summed E-state index contributed by atoms with van der Waals surface area (Å²) in [4.78, 5) is 9.92. The molecular weight excluding hydrogens is 339 g/mol. The first-order valence-electron chi connectivity index (χ1n) is 8.09. The van der Waals surface area contributed by atoms with E-state index in [4.69, 9.17) is 10.8 Å². The summed E-state index contributed by atoms with van der Waals surface area (Å²) in [5, 5.41) is 8.24. The number of hydrogen-bond acceptors (Lipinski definition) is 2. The van der Waals surface area contributed by atoms with Gasteiger partial charge in [-0.05, 0) is 18.3 Å². The van der Waals surface area contributed by atoms with E-state index in [1.807, 2.05) is 13.8 Å². The van der Waals surface area contributed by atoms with Gasteiger partial charge in [0.1, 0.15) is 0 Å². The molecule has 0 fully saturated rings. The predicted molar refractivity (Wildman–Crippen MR) is 93.8 cm³/mol. The summed E-state index contributed by atoms with van der Waals surface area (Å²) in [5.41, 5.74) is 4.80. The molecule has 0 saturated carbocycles. The van der Waals surface area contributed by atoms with Crippen molar-refractivity contribution in [1.82, 2.24) is 0 Å². The third kappa shape index (κ3) is 63.6. The molecule has 21 heavy (non-hydrogen) atoms. The molecule has 0 aromatic carbocycles. The monoisotopic (exact) mass is 382 g/mol. The van der Waals surface area contributed by atoms with E-state index in [1.54, 1.807) is 13.8 Å². The average molecular weight is 382 g/mol. The summed E-state index contributed by atoms with van der Waals surface area (Å²) in [7, 11) is 0. The minimum absolute atomic E-state index is 0. The van der Waals surface area contributed by atoms with Crippen molar-refractivity contribution in [3.8, 4) is 0 Å². The molecule has 3 nitrogen and oxygen atoms in total. The topological polar surface area (TPSA) is 63.3 Å². The summed E-state index contributed by atoms with van der Waals surface area (Å²) in [6.45, 7) is 18.8. The van der Waals surface area contributed by atoms with Crippen molar-refractivity contribution in [2.75, 3.05) is 6.61 Å². The van der Waals surface area contributed by atoms with E-state index < -0.39 is 0 Å². The Hall–Kier alpha value is 0.534. The van der Waals surface area contributed by atoms with E-state index in [-0.39, 0.29) is 46.0 Å². The maximum atomic E-state index is 9.92. The number of amides is 1. The van der Waals surface area contributed by atoms with Gasteiger partial charge in [-0.3, -0.25) is 4.79 Å². The van der Waals surface area contributed by atoms with Gasteiger partial charge in [-0.15, -0.1) is 0 Å². The Morgan fingerprint density at radius 3 is 1.29 bits per heavy atom. The molecule has 0 rings (SSSR count). The summed E-state index contributed by atoms with van der Waals surface area (Å²) in [6, 6.07) is 0. The second kappa shape index (κ2) is 28.7. The molecule has 0 saturated heterocycles. The molecule has 0 unspecified atom stereocenters. The van der Waals surface area contributed by atoms with Gasteiger partial charge < -0.3 is 10.8 Å². The Balaban J connectivity index is -0.0000000395.